The van der Waals surface area contributed by atoms with Gasteiger partial charge in [0, 0.05) is 23.2 Å². The van der Waals surface area contributed by atoms with Gasteiger partial charge in [-0.25, -0.2) is 13.4 Å². The van der Waals surface area contributed by atoms with Crippen LogP contribution in [0.15, 0.2) is 53.9 Å². The molecule has 9 heteroatoms. The third-order valence-electron chi connectivity index (χ3n) is 4.66. The Bertz CT molecular complexity index is 1160. The average molecular weight is 444 g/mol. The van der Waals surface area contributed by atoms with Gasteiger partial charge in [-0.15, -0.1) is 11.3 Å². The highest BCUT2D eigenvalue weighted by atomic mass is 32.2. The number of nitrogens with one attached hydrogen (secondary N) is 1. The second kappa shape index (κ2) is 8.45. The van der Waals surface area contributed by atoms with Crippen LogP contribution in [-0.4, -0.2) is 31.6 Å². The molecule has 0 unspecified atom stereocenters. The van der Waals surface area contributed by atoms with Crippen LogP contribution in [-0.2, 0) is 16.6 Å². The summed E-state index contributed by atoms with van der Waals surface area (Å²) in [5, 5.41) is 5.76. The molecule has 0 bridgehead atoms. The van der Waals surface area contributed by atoms with Crippen LogP contribution in [0.1, 0.15) is 27.5 Å². The van der Waals surface area contributed by atoms with Gasteiger partial charge >= 0.3 is 0 Å². The number of nitrogens with zero attached hydrogens (tertiary/aromatic N) is 2. The molecule has 1 N–H and O–H groups in total. The maximum atomic E-state index is 12.6. The molecule has 1 amide bonds. The minimum absolute atomic E-state index is 0.173. The van der Waals surface area contributed by atoms with E-state index in [0.29, 0.717) is 42.3 Å². The molecule has 1 aliphatic heterocycles. The van der Waals surface area contributed by atoms with Crippen LogP contribution in [0.25, 0.3) is 0 Å². The average Bonchev–Trinajstić information content (AvgIpc) is 3.31. The molecule has 0 saturated carbocycles. The molecular formula is C21H21N3O4S2. The predicted molar refractivity (Wildman–Crippen MR) is 118 cm³/mol. The molecule has 4 rings (SSSR count). The largest absolute Gasteiger partial charge is 0.487 e. The molecule has 2 aromatic carbocycles. The smallest absolute Gasteiger partial charge is 0.255 e. The normalized spacial score (nSPS) is 15.2. The minimum atomic E-state index is -3.22. The minimum Gasteiger partial charge on any atom is -0.487 e. The van der Waals surface area contributed by atoms with Crippen LogP contribution in [0, 0.1) is 6.92 Å². The van der Waals surface area contributed by atoms with Crippen molar-refractivity contribution >= 4 is 38.6 Å². The van der Waals surface area contributed by atoms with Gasteiger partial charge in [0.15, 0.2) is 0 Å². The first kappa shape index (κ1) is 20.4. The number of ether oxygens (including phenoxy) is 1. The molecule has 0 spiro atoms. The predicted octanol–water partition coefficient (Wildman–Crippen LogP) is 3.82. The Balaban J connectivity index is 1.40. The van der Waals surface area contributed by atoms with E-state index in [9.17, 15) is 13.2 Å². The molecule has 2 heterocycles. The van der Waals surface area contributed by atoms with Gasteiger partial charge in [0.1, 0.15) is 12.4 Å². The summed E-state index contributed by atoms with van der Waals surface area (Å²) in [7, 11) is -3.22. The van der Waals surface area contributed by atoms with Crippen molar-refractivity contribution in [1.82, 2.24) is 4.98 Å². The highest BCUT2D eigenvalue weighted by molar-refractivity contribution is 7.93. The van der Waals surface area contributed by atoms with Gasteiger partial charge in [0.2, 0.25) is 10.0 Å². The van der Waals surface area contributed by atoms with Crippen LogP contribution < -0.4 is 14.4 Å². The molecule has 7 nitrogen and oxygen atoms in total. The summed E-state index contributed by atoms with van der Waals surface area (Å²) >= 11 is 1.57. The fourth-order valence-corrected chi connectivity index (χ4v) is 5.36. The van der Waals surface area contributed by atoms with E-state index >= 15 is 0 Å². The summed E-state index contributed by atoms with van der Waals surface area (Å²) < 4.78 is 31.2. The van der Waals surface area contributed by atoms with E-state index in [4.69, 9.17) is 4.74 Å². The second-order valence-corrected chi connectivity index (χ2v) is 9.99. The number of aromatic nitrogens is 1. The quantitative estimate of drug-likeness (QED) is 0.626. The Labute approximate surface area is 179 Å². The summed E-state index contributed by atoms with van der Waals surface area (Å²) in [6.07, 6.45) is 0.626. The van der Waals surface area contributed by atoms with Crippen molar-refractivity contribution in [3.8, 4) is 5.75 Å². The number of sulfonamides is 1. The molecule has 1 saturated heterocycles. The third kappa shape index (κ3) is 4.63. The van der Waals surface area contributed by atoms with Crippen molar-refractivity contribution in [2.45, 2.75) is 20.0 Å². The Morgan fingerprint density at radius 1 is 1.23 bits per heavy atom. The number of carbonyl (C=O) groups excluding carboxylic acids is 1. The third-order valence-corrected chi connectivity index (χ3v) is 7.35. The number of benzene rings is 2. The monoisotopic (exact) mass is 443 g/mol. The molecule has 3 aromatic rings. The van der Waals surface area contributed by atoms with Gasteiger partial charge in [0.25, 0.3) is 5.91 Å². The number of amides is 1. The molecular weight excluding hydrogens is 422 g/mol. The highest BCUT2D eigenvalue weighted by Gasteiger charge is 2.28. The van der Waals surface area contributed by atoms with E-state index in [1.54, 1.807) is 59.9 Å². The standard InChI is InChI=1S/C21H21N3O4S2/c1-15-22-18(14-29-15)13-28-20-5-2-4-16(12-20)21(25)23-17-6-8-19(9-7-17)24-10-3-11-30(24,26)27/h2,4-9,12,14H,3,10-11,13H2,1H3,(H,23,25). The van der Waals surface area contributed by atoms with Gasteiger partial charge in [-0.2, -0.15) is 0 Å². The highest BCUT2D eigenvalue weighted by Crippen LogP contribution is 2.25. The fraction of sp³-hybridized carbons (Fsp3) is 0.238. The Morgan fingerprint density at radius 3 is 2.70 bits per heavy atom. The van der Waals surface area contributed by atoms with E-state index in [-0.39, 0.29) is 11.7 Å². The maximum absolute atomic E-state index is 12.6. The zero-order valence-electron chi connectivity index (χ0n) is 16.4. The summed E-state index contributed by atoms with van der Waals surface area (Å²) in [5.41, 5.74) is 2.52. The van der Waals surface area contributed by atoms with Crippen molar-refractivity contribution in [2.75, 3.05) is 21.9 Å². The first-order valence-electron chi connectivity index (χ1n) is 9.46. The lowest BCUT2D eigenvalue weighted by atomic mass is 10.2. The van der Waals surface area contributed by atoms with E-state index in [2.05, 4.69) is 10.3 Å². The number of carbonyl (C=O) groups is 1. The van der Waals surface area contributed by atoms with E-state index in [0.717, 1.165) is 10.7 Å². The molecule has 0 aliphatic carbocycles. The molecule has 156 valence electrons. The zero-order valence-corrected chi connectivity index (χ0v) is 18.0. The first-order valence-corrected chi connectivity index (χ1v) is 12.0. The van der Waals surface area contributed by atoms with Crippen molar-refractivity contribution in [3.63, 3.8) is 0 Å². The number of hydrogen-bond donors (Lipinski definition) is 1. The van der Waals surface area contributed by atoms with Crippen molar-refractivity contribution in [1.29, 1.82) is 0 Å². The Hall–Kier alpha value is -2.91. The van der Waals surface area contributed by atoms with Crippen molar-refractivity contribution in [2.24, 2.45) is 0 Å². The van der Waals surface area contributed by atoms with Gasteiger partial charge in [0.05, 0.1) is 22.1 Å². The van der Waals surface area contributed by atoms with E-state index in [1.165, 1.54) is 4.31 Å². The molecule has 30 heavy (non-hydrogen) atoms. The van der Waals surface area contributed by atoms with E-state index < -0.39 is 10.0 Å². The summed E-state index contributed by atoms with van der Waals surface area (Å²) in [6.45, 7) is 2.77. The number of thiazole rings is 1. The van der Waals surface area contributed by atoms with Crippen LogP contribution >= 0.6 is 11.3 Å². The Kier molecular flexibility index (Phi) is 5.74. The van der Waals surface area contributed by atoms with Crippen molar-refractivity contribution in [3.05, 3.63) is 70.2 Å². The molecule has 1 fully saturated rings. The van der Waals surface area contributed by atoms with Crippen LogP contribution in [0.3, 0.4) is 0 Å². The van der Waals surface area contributed by atoms with Gasteiger partial charge < -0.3 is 10.1 Å². The summed E-state index contributed by atoms with van der Waals surface area (Å²) in [6, 6.07) is 13.7. The summed E-state index contributed by atoms with van der Waals surface area (Å²) in [4.78, 5) is 17.0. The van der Waals surface area contributed by atoms with Crippen LogP contribution in [0.4, 0.5) is 11.4 Å². The van der Waals surface area contributed by atoms with Gasteiger partial charge in [-0.1, -0.05) is 6.07 Å². The van der Waals surface area contributed by atoms with Gasteiger partial charge in [-0.05, 0) is 55.8 Å². The summed E-state index contributed by atoms with van der Waals surface area (Å²) in [5.74, 6) is 0.487. The number of hydrogen-bond acceptors (Lipinski definition) is 6. The maximum Gasteiger partial charge on any atom is 0.255 e. The van der Waals surface area contributed by atoms with Crippen LogP contribution in [0.2, 0.25) is 0 Å². The molecule has 0 atom stereocenters. The SMILES string of the molecule is Cc1nc(COc2cccc(C(=O)Nc3ccc(N4CCCS4(=O)=O)cc3)c2)cs1. The molecule has 1 aliphatic rings. The fourth-order valence-electron chi connectivity index (χ4n) is 3.20. The second-order valence-electron chi connectivity index (χ2n) is 6.92. The topological polar surface area (TPSA) is 88.6 Å². The number of rotatable bonds is 6. The lowest BCUT2D eigenvalue weighted by molar-refractivity contribution is 0.102. The molecule has 1 aromatic heterocycles. The van der Waals surface area contributed by atoms with Crippen LogP contribution in [0.5, 0.6) is 5.75 Å². The number of aryl methyl sites for hydroxylation is 1. The van der Waals surface area contributed by atoms with Gasteiger partial charge in [-0.3, -0.25) is 9.10 Å². The van der Waals surface area contributed by atoms with E-state index in [1.807, 2.05) is 12.3 Å². The first-order chi connectivity index (χ1) is 14.4. The molecule has 0 radical (unpaired) electrons. The lowest BCUT2D eigenvalue weighted by Crippen LogP contribution is -2.24. The zero-order chi connectivity index (χ0) is 21.1. The lowest BCUT2D eigenvalue weighted by Gasteiger charge is -2.17. The number of anilines is 2. The van der Waals surface area contributed by atoms with Crippen molar-refractivity contribution < 1.29 is 17.9 Å². The Morgan fingerprint density at radius 2 is 2.03 bits per heavy atom.